The molecule has 0 rings (SSSR count). The van der Waals surface area contributed by atoms with E-state index in [4.69, 9.17) is 0 Å². The Morgan fingerprint density at radius 3 is 2.70 bits per heavy atom. The summed E-state index contributed by atoms with van der Waals surface area (Å²) < 4.78 is 0. The third-order valence-electron chi connectivity index (χ3n) is 1.26. The maximum Gasteiger partial charge on any atom is 0.0544 e. The highest BCUT2D eigenvalue weighted by atomic mass is 32.2. The Kier molecular flexibility index (Phi) is 7.15. The zero-order chi connectivity index (χ0) is 7.82. The molecule has 0 amide bonds. The first-order valence-corrected chi connectivity index (χ1v) is 4.99. The van der Waals surface area contributed by atoms with Crippen LogP contribution in [-0.2, 0) is 0 Å². The fraction of sp³-hybridized carbons (Fsp3) is 0.875. The Labute approximate surface area is 68.3 Å². The molecular formula is C8H17NS. The first-order valence-electron chi connectivity index (χ1n) is 3.94. The molecule has 0 aromatic heterocycles. The van der Waals surface area contributed by atoms with Crippen LogP contribution in [0.1, 0.15) is 33.6 Å². The van der Waals surface area contributed by atoms with E-state index in [0.29, 0.717) is 6.04 Å². The molecule has 0 radical (unpaired) electrons. The standard InChI is InChI=1S/C8H17NS/c1-4-6-8(3)9-7-10-5-2/h7-8H,4-6H2,1-3H3. The molecule has 0 bridgehead atoms. The average molecular weight is 159 g/mol. The summed E-state index contributed by atoms with van der Waals surface area (Å²) in [5.74, 6) is 1.13. The molecule has 0 saturated heterocycles. The van der Waals surface area contributed by atoms with Crippen molar-refractivity contribution in [2.24, 2.45) is 4.99 Å². The van der Waals surface area contributed by atoms with Crippen LogP contribution >= 0.6 is 11.8 Å². The van der Waals surface area contributed by atoms with Crippen LogP contribution in [0.3, 0.4) is 0 Å². The minimum atomic E-state index is 0.518. The predicted molar refractivity (Wildman–Crippen MR) is 51.0 cm³/mol. The van der Waals surface area contributed by atoms with Gasteiger partial charge in [0.25, 0.3) is 0 Å². The van der Waals surface area contributed by atoms with Gasteiger partial charge in [0.2, 0.25) is 0 Å². The van der Waals surface area contributed by atoms with Gasteiger partial charge in [-0.25, -0.2) is 0 Å². The van der Waals surface area contributed by atoms with Crippen molar-refractivity contribution in [3.63, 3.8) is 0 Å². The highest BCUT2D eigenvalue weighted by Gasteiger charge is 1.92. The van der Waals surface area contributed by atoms with E-state index < -0.39 is 0 Å². The quantitative estimate of drug-likeness (QED) is 0.444. The van der Waals surface area contributed by atoms with Crippen molar-refractivity contribution >= 4 is 17.3 Å². The summed E-state index contributed by atoms with van der Waals surface area (Å²) in [5, 5.41) is 0. The third-order valence-corrected chi connectivity index (χ3v) is 1.87. The summed E-state index contributed by atoms with van der Waals surface area (Å²) in [6.45, 7) is 6.50. The first-order chi connectivity index (χ1) is 4.81. The van der Waals surface area contributed by atoms with Crippen molar-refractivity contribution in [3.8, 4) is 0 Å². The van der Waals surface area contributed by atoms with Gasteiger partial charge < -0.3 is 0 Å². The van der Waals surface area contributed by atoms with Crippen molar-refractivity contribution < 1.29 is 0 Å². The zero-order valence-electron chi connectivity index (χ0n) is 7.13. The van der Waals surface area contributed by atoms with Crippen molar-refractivity contribution in [1.82, 2.24) is 0 Å². The molecule has 0 aromatic carbocycles. The monoisotopic (exact) mass is 159 g/mol. The smallest absolute Gasteiger partial charge is 0.0544 e. The molecular weight excluding hydrogens is 142 g/mol. The van der Waals surface area contributed by atoms with Gasteiger partial charge in [0.05, 0.1) is 5.55 Å². The van der Waals surface area contributed by atoms with Crippen LogP contribution in [0.5, 0.6) is 0 Å². The molecule has 1 unspecified atom stereocenters. The van der Waals surface area contributed by atoms with E-state index >= 15 is 0 Å². The van der Waals surface area contributed by atoms with Gasteiger partial charge in [-0.1, -0.05) is 20.3 Å². The van der Waals surface area contributed by atoms with Gasteiger partial charge in [0, 0.05) is 6.04 Å². The van der Waals surface area contributed by atoms with Gasteiger partial charge >= 0.3 is 0 Å². The lowest BCUT2D eigenvalue weighted by Crippen LogP contribution is -1.95. The highest BCUT2D eigenvalue weighted by Crippen LogP contribution is 2.01. The topological polar surface area (TPSA) is 12.4 Å². The number of aliphatic imine (C=N–C) groups is 1. The number of thioether (sulfide) groups is 1. The van der Waals surface area contributed by atoms with E-state index in [2.05, 4.69) is 25.8 Å². The summed E-state index contributed by atoms with van der Waals surface area (Å²) in [7, 11) is 0. The summed E-state index contributed by atoms with van der Waals surface area (Å²) >= 11 is 1.77. The van der Waals surface area contributed by atoms with Crippen LogP contribution in [0, 0.1) is 0 Å². The third kappa shape index (κ3) is 6.14. The summed E-state index contributed by atoms with van der Waals surface area (Å²) in [6, 6.07) is 0.518. The Bertz CT molecular complexity index is 91.3. The number of nitrogens with zero attached hydrogens (tertiary/aromatic N) is 1. The number of hydrogen-bond donors (Lipinski definition) is 0. The molecule has 1 atom stereocenters. The molecule has 0 fully saturated rings. The van der Waals surface area contributed by atoms with Gasteiger partial charge in [0.1, 0.15) is 0 Å². The Balaban J connectivity index is 3.26. The fourth-order valence-electron chi connectivity index (χ4n) is 0.714. The van der Waals surface area contributed by atoms with Gasteiger partial charge in [0.15, 0.2) is 0 Å². The Hall–Kier alpha value is 0.0200. The zero-order valence-corrected chi connectivity index (χ0v) is 7.95. The minimum Gasteiger partial charge on any atom is -0.283 e. The van der Waals surface area contributed by atoms with Gasteiger partial charge in [-0.05, 0) is 19.1 Å². The molecule has 0 aliphatic heterocycles. The molecule has 0 heterocycles. The molecule has 0 aliphatic carbocycles. The van der Waals surface area contributed by atoms with E-state index in [9.17, 15) is 0 Å². The van der Waals surface area contributed by atoms with Crippen LogP contribution in [0.4, 0.5) is 0 Å². The second-order valence-corrected chi connectivity index (χ2v) is 3.47. The molecule has 1 nitrogen and oxygen atoms in total. The van der Waals surface area contributed by atoms with Crippen LogP contribution in [-0.4, -0.2) is 17.3 Å². The molecule has 0 aromatic rings. The van der Waals surface area contributed by atoms with Gasteiger partial charge in [-0.3, -0.25) is 4.99 Å². The molecule has 10 heavy (non-hydrogen) atoms. The largest absolute Gasteiger partial charge is 0.283 e. The van der Waals surface area contributed by atoms with Gasteiger partial charge in [-0.15, -0.1) is 11.8 Å². The first kappa shape index (κ1) is 10.0. The van der Waals surface area contributed by atoms with Crippen molar-refractivity contribution in [1.29, 1.82) is 0 Å². The average Bonchev–Trinajstić information content (AvgIpc) is 1.89. The van der Waals surface area contributed by atoms with Crippen LogP contribution in [0.2, 0.25) is 0 Å². The van der Waals surface area contributed by atoms with Crippen molar-refractivity contribution in [2.75, 3.05) is 5.75 Å². The minimum absolute atomic E-state index is 0.518. The second-order valence-electron chi connectivity index (χ2n) is 2.35. The SMILES string of the molecule is CCCC(C)N=CSCC. The van der Waals surface area contributed by atoms with E-state index in [1.54, 1.807) is 11.8 Å². The molecule has 0 saturated carbocycles. The van der Waals surface area contributed by atoms with Crippen molar-refractivity contribution in [3.05, 3.63) is 0 Å². The van der Waals surface area contributed by atoms with E-state index in [1.807, 2.05) is 5.55 Å². The summed E-state index contributed by atoms with van der Waals surface area (Å²) in [5.41, 5.74) is 1.97. The van der Waals surface area contributed by atoms with Crippen LogP contribution in [0.25, 0.3) is 0 Å². The van der Waals surface area contributed by atoms with Crippen molar-refractivity contribution in [2.45, 2.75) is 39.7 Å². The lowest BCUT2D eigenvalue weighted by Gasteiger charge is -2.00. The summed E-state index contributed by atoms with van der Waals surface area (Å²) in [6.07, 6.45) is 2.44. The van der Waals surface area contributed by atoms with Crippen LogP contribution in [0.15, 0.2) is 4.99 Å². The van der Waals surface area contributed by atoms with Gasteiger partial charge in [-0.2, -0.15) is 0 Å². The molecule has 60 valence electrons. The van der Waals surface area contributed by atoms with E-state index in [0.717, 1.165) is 5.75 Å². The van der Waals surface area contributed by atoms with E-state index in [1.165, 1.54) is 12.8 Å². The summed E-state index contributed by atoms with van der Waals surface area (Å²) in [4.78, 5) is 4.34. The maximum absolute atomic E-state index is 4.34. The molecule has 2 heteroatoms. The maximum atomic E-state index is 4.34. The number of hydrogen-bond acceptors (Lipinski definition) is 2. The molecule has 0 spiro atoms. The normalized spacial score (nSPS) is 14.3. The van der Waals surface area contributed by atoms with Crippen LogP contribution < -0.4 is 0 Å². The predicted octanol–water partition coefficient (Wildman–Crippen LogP) is 2.96. The number of rotatable bonds is 5. The Morgan fingerprint density at radius 2 is 2.20 bits per heavy atom. The molecule has 0 N–H and O–H groups in total. The fourth-order valence-corrected chi connectivity index (χ4v) is 1.16. The Morgan fingerprint density at radius 1 is 1.50 bits per heavy atom. The molecule has 0 aliphatic rings. The second kappa shape index (κ2) is 7.13. The lowest BCUT2D eigenvalue weighted by atomic mass is 10.2. The lowest BCUT2D eigenvalue weighted by molar-refractivity contribution is 0.658. The van der Waals surface area contributed by atoms with E-state index in [-0.39, 0.29) is 0 Å². The highest BCUT2D eigenvalue weighted by molar-refractivity contribution is 8.12.